The van der Waals surface area contributed by atoms with Crippen LogP contribution in [-0.2, 0) is 16.1 Å². The number of halogens is 1. The fourth-order valence-corrected chi connectivity index (χ4v) is 4.32. The van der Waals surface area contributed by atoms with Crippen LogP contribution < -0.4 is 0 Å². The molecule has 154 valence electrons. The lowest BCUT2D eigenvalue weighted by Crippen LogP contribution is -2.30. The topological polar surface area (TPSA) is 80.5 Å². The number of nitro groups is 1. The van der Waals surface area contributed by atoms with Gasteiger partial charge in [0, 0.05) is 22.1 Å². The summed E-state index contributed by atoms with van der Waals surface area (Å²) in [7, 11) is 0. The minimum absolute atomic E-state index is 0.0887. The Balaban J connectivity index is 1.74. The maximum Gasteiger partial charge on any atom is 0.269 e. The van der Waals surface area contributed by atoms with Crippen LogP contribution in [-0.4, -0.2) is 21.6 Å². The van der Waals surface area contributed by atoms with Crippen LogP contribution in [0, 0.1) is 10.1 Å². The highest BCUT2D eigenvalue weighted by molar-refractivity contribution is 8.04. The van der Waals surface area contributed by atoms with E-state index in [4.69, 9.17) is 11.6 Å². The summed E-state index contributed by atoms with van der Waals surface area (Å²) in [6, 6.07) is 21.8. The summed E-state index contributed by atoms with van der Waals surface area (Å²) < 4.78 is 0. The van der Waals surface area contributed by atoms with Crippen LogP contribution in [0.5, 0.6) is 0 Å². The van der Waals surface area contributed by atoms with Crippen molar-refractivity contribution in [1.82, 2.24) is 4.90 Å². The van der Waals surface area contributed by atoms with Crippen molar-refractivity contribution in [3.05, 3.63) is 110 Å². The molecule has 4 rings (SSSR count). The monoisotopic (exact) mass is 450 g/mol. The molecule has 2 amide bonds. The number of imide groups is 1. The summed E-state index contributed by atoms with van der Waals surface area (Å²) in [5.74, 6) is -0.832. The molecule has 0 fully saturated rings. The summed E-state index contributed by atoms with van der Waals surface area (Å²) >= 11 is 7.13. The highest BCUT2D eigenvalue weighted by Crippen LogP contribution is 2.40. The van der Waals surface area contributed by atoms with Crippen molar-refractivity contribution in [3.8, 4) is 0 Å². The van der Waals surface area contributed by atoms with Crippen molar-refractivity contribution in [2.75, 3.05) is 0 Å². The van der Waals surface area contributed by atoms with E-state index in [1.807, 2.05) is 30.3 Å². The van der Waals surface area contributed by atoms with Gasteiger partial charge in [0.25, 0.3) is 17.5 Å². The summed E-state index contributed by atoms with van der Waals surface area (Å²) in [6.45, 7) is 0.139. The van der Waals surface area contributed by atoms with Gasteiger partial charge in [0.15, 0.2) is 0 Å². The van der Waals surface area contributed by atoms with Gasteiger partial charge in [-0.25, -0.2) is 0 Å². The molecule has 8 heteroatoms. The Bertz CT molecular complexity index is 1190. The lowest BCUT2D eigenvalue weighted by Gasteiger charge is -2.15. The van der Waals surface area contributed by atoms with Gasteiger partial charge in [-0.05, 0) is 47.5 Å². The number of carbonyl (C=O) groups excluding carboxylic acids is 2. The van der Waals surface area contributed by atoms with E-state index >= 15 is 0 Å². The van der Waals surface area contributed by atoms with E-state index in [9.17, 15) is 19.7 Å². The zero-order valence-electron chi connectivity index (χ0n) is 16.0. The Morgan fingerprint density at radius 1 is 0.871 bits per heavy atom. The Hall–Kier alpha value is -3.42. The standard InChI is InChI=1S/C23H15ClN2O4S/c24-17-8-12-19(13-9-17)31-21-20(16-6-10-18(11-7-16)26(29)30)22(27)25(23(21)28)14-15-4-2-1-3-5-15/h1-13H,14H2. The van der Waals surface area contributed by atoms with E-state index in [0.717, 1.165) is 10.5 Å². The third-order valence-electron chi connectivity index (χ3n) is 4.71. The number of hydrogen-bond acceptors (Lipinski definition) is 5. The van der Waals surface area contributed by atoms with E-state index in [0.29, 0.717) is 10.6 Å². The third-order valence-corrected chi connectivity index (χ3v) is 6.05. The number of benzene rings is 3. The Morgan fingerprint density at radius 2 is 1.52 bits per heavy atom. The van der Waals surface area contributed by atoms with Crippen LogP contribution in [0.25, 0.3) is 5.57 Å². The number of non-ortho nitro benzene ring substituents is 1. The molecule has 3 aromatic carbocycles. The van der Waals surface area contributed by atoms with Crippen molar-refractivity contribution in [2.45, 2.75) is 11.4 Å². The second-order valence-corrected chi connectivity index (χ2v) is 8.27. The van der Waals surface area contributed by atoms with Crippen LogP contribution in [0.3, 0.4) is 0 Å². The van der Waals surface area contributed by atoms with Gasteiger partial charge >= 0.3 is 0 Å². The summed E-state index contributed by atoms with van der Waals surface area (Å²) in [5.41, 5.74) is 1.42. The molecule has 0 saturated carbocycles. The molecule has 0 spiro atoms. The number of thioether (sulfide) groups is 1. The zero-order valence-corrected chi connectivity index (χ0v) is 17.6. The molecule has 0 saturated heterocycles. The largest absolute Gasteiger partial charge is 0.269 e. The Kier molecular flexibility index (Phi) is 5.88. The molecular formula is C23H15ClN2O4S. The van der Waals surface area contributed by atoms with E-state index in [-0.39, 0.29) is 22.7 Å². The summed E-state index contributed by atoms with van der Waals surface area (Å²) in [6.07, 6.45) is 0. The predicted octanol–water partition coefficient (Wildman–Crippen LogP) is 5.32. The molecule has 1 heterocycles. The second-order valence-electron chi connectivity index (χ2n) is 6.75. The molecule has 0 aromatic heterocycles. The van der Waals surface area contributed by atoms with Gasteiger partial charge in [0.2, 0.25) is 0 Å². The first kappa shape index (κ1) is 20.8. The molecule has 0 unspecified atom stereocenters. The van der Waals surface area contributed by atoms with E-state index < -0.39 is 16.7 Å². The van der Waals surface area contributed by atoms with E-state index in [1.165, 1.54) is 40.9 Å². The first-order valence-corrected chi connectivity index (χ1v) is 10.5. The van der Waals surface area contributed by atoms with Gasteiger partial charge in [0.1, 0.15) is 0 Å². The van der Waals surface area contributed by atoms with Gasteiger partial charge in [-0.3, -0.25) is 24.6 Å². The average Bonchev–Trinajstić information content (AvgIpc) is 3.00. The van der Waals surface area contributed by atoms with Crippen molar-refractivity contribution in [2.24, 2.45) is 0 Å². The maximum absolute atomic E-state index is 13.3. The first-order valence-electron chi connectivity index (χ1n) is 9.26. The third kappa shape index (κ3) is 4.38. The number of amides is 2. The van der Waals surface area contributed by atoms with Crippen LogP contribution in [0.15, 0.2) is 88.7 Å². The maximum atomic E-state index is 13.3. The lowest BCUT2D eigenvalue weighted by molar-refractivity contribution is -0.384. The first-order chi connectivity index (χ1) is 14.9. The fraction of sp³-hybridized carbons (Fsp3) is 0.0435. The quantitative estimate of drug-likeness (QED) is 0.288. The number of nitrogens with zero attached hydrogens (tertiary/aromatic N) is 2. The lowest BCUT2D eigenvalue weighted by atomic mass is 10.1. The molecule has 1 aliphatic rings. The normalized spacial score (nSPS) is 13.8. The average molecular weight is 451 g/mol. The summed E-state index contributed by atoms with van der Waals surface area (Å²) in [4.78, 5) is 39.2. The number of rotatable bonds is 6. The van der Waals surface area contributed by atoms with Crippen LogP contribution >= 0.6 is 23.4 Å². The zero-order chi connectivity index (χ0) is 22.0. The molecule has 0 bridgehead atoms. The highest BCUT2D eigenvalue weighted by Gasteiger charge is 2.39. The van der Waals surface area contributed by atoms with Crippen LogP contribution in [0.1, 0.15) is 11.1 Å². The minimum Gasteiger partial charge on any atom is -0.269 e. The van der Waals surface area contributed by atoms with Gasteiger partial charge in [-0.2, -0.15) is 0 Å². The van der Waals surface area contributed by atoms with Crippen LogP contribution in [0.4, 0.5) is 5.69 Å². The molecule has 0 aliphatic carbocycles. The number of hydrogen-bond donors (Lipinski definition) is 0. The Morgan fingerprint density at radius 3 is 2.13 bits per heavy atom. The molecule has 1 aliphatic heterocycles. The molecule has 3 aromatic rings. The highest BCUT2D eigenvalue weighted by atomic mass is 35.5. The molecule has 6 nitrogen and oxygen atoms in total. The Labute approximate surface area is 187 Å². The van der Waals surface area contributed by atoms with Crippen molar-refractivity contribution < 1.29 is 14.5 Å². The molecule has 0 atom stereocenters. The smallest absolute Gasteiger partial charge is 0.269 e. The molecule has 0 radical (unpaired) electrons. The molecule has 0 N–H and O–H groups in total. The minimum atomic E-state index is -0.509. The number of carbonyl (C=O) groups is 2. The van der Waals surface area contributed by atoms with E-state index in [1.54, 1.807) is 24.3 Å². The SMILES string of the molecule is O=C1C(Sc2ccc(Cl)cc2)=C(c2ccc([N+](=O)[O-])cc2)C(=O)N1Cc1ccccc1. The van der Waals surface area contributed by atoms with Crippen LogP contribution in [0.2, 0.25) is 5.02 Å². The van der Waals surface area contributed by atoms with Gasteiger partial charge in [0.05, 0.1) is 21.9 Å². The van der Waals surface area contributed by atoms with Gasteiger partial charge < -0.3 is 0 Å². The summed E-state index contributed by atoms with van der Waals surface area (Å²) in [5, 5.41) is 11.6. The van der Waals surface area contributed by atoms with Gasteiger partial charge in [-0.1, -0.05) is 53.7 Å². The van der Waals surface area contributed by atoms with Gasteiger partial charge in [-0.15, -0.1) is 0 Å². The second kappa shape index (κ2) is 8.75. The predicted molar refractivity (Wildman–Crippen MR) is 119 cm³/mol. The van der Waals surface area contributed by atoms with Crippen molar-refractivity contribution >= 4 is 46.4 Å². The molecular weight excluding hydrogens is 436 g/mol. The van der Waals surface area contributed by atoms with E-state index in [2.05, 4.69) is 0 Å². The molecule has 31 heavy (non-hydrogen) atoms. The van der Waals surface area contributed by atoms with Crippen molar-refractivity contribution in [1.29, 1.82) is 0 Å². The fourth-order valence-electron chi connectivity index (χ4n) is 3.18. The van der Waals surface area contributed by atoms with Crippen molar-refractivity contribution in [3.63, 3.8) is 0 Å². The number of nitro benzene ring substituents is 1.